The summed E-state index contributed by atoms with van der Waals surface area (Å²) in [6, 6.07) is 0. The Kier molecular flexibility index (Phi) is 5.77. The van der Waals surface area contributed by atoms with Crippen molar-refractivity contribution in [3.05, 3.63) is 12.2 Å². The van der Waals surface area contributed by atoms with Crippen molar-refractivity contribution >= 4 is 17.9 Å². The maximum Gasteiger partial charge on any atom is 0.346 e. The molecule has 15 heavy (non-hydrogen) atoms. The lowest BCUT2D eigenvalue weighted by Crippen LogP contribution is -2.24. The first-order valence-electron chi connectivity index (χ1n) is 4.05. The van der Waals surface area contributed by atoms with Crippen molar-refractivity contribution in [2.45, 2.75) is 13.0 Å². The average molecular weight is 216 g/mol. The van der Waals surface area contributed by atoms with Crippen LogP contribution in [0.15, 0.2) is 12.2 Å². The zero-order valence-corrected chi connectivity index (χ0v) is 8.68. The Morgan fingerprint density at radius 1 is 1.00 bits per heavy atom. The van der Waals surface area contributed by atoms with Crippen molar-refractivity contribution in [1.29, 1.82) is 0 Å². The minimum absolute atomic E-state index is 0.671. The van der Waals surface area contributed by atoms with Crippen LogP contribution in [0, 0.1) is 0 Å². The molecule has 0 heterocycles. The molecule has 0 aliphatic heterocycles. The summed E-state index contributed by atoms with van der Waals surface area (Å²) in [5.74, 6) is -2.18. The van der Waals surface area contributed by atoms with Crippen LogP contribution in [0.4, 0.5) is 0 Å². The molecule has 0 rings (SSSR count). The lowest BCUT2D eigenvalue weighted by Gasteiger charge is -2.08. The quantitative estimate of drug-likeness (QED) is 0.368. The van der Waals surface area contributed by atoms with E-state index >= 15 is 0 Å². The topological polar surface area (TPSA) is 78.9 Å². The van der Waals surface area contributed by atoms with Crippen LogP contribution in [-0.4, -0.2) is 38.2 Å². The molecule has 1 unspecified atom stereocenters. The fourth-order valence-corrected chi connectivity index (χ4v) is 0.632. The molecule has 6 heteroatoms. The van der Waals surface area contributed by atoms with E-state index in [2.05, 4.69) is 14.2 Å². The smallest absolute Gasteiger partial charge is 0.346 e. The van der Waals surface area contributed by atoms with Crippen LogP contribution in [0.5, 0.6) is 0 Å². The molecule has 0 saturated heterocycles. The highest BCUT2D eigenvalue weighted by atomic mass is 16.6. The molecule has 0 amide bonds. The highest BCUT2D eigenvalue weighted by Gasteiger charge is 2.16. The highest BCUT2D eigenvalue weighted by Crippen LogP contribution is 1.95. The molecule has 0 aliphatic rings. The Bertz CT molecular complexity index is 280. The van der Waals surface area contributed by atoms with Crippen molar-refractivity contribution in [3.8, 4) is 0 Å². The number of esters is 3. The predicted molar refractivity (Wildman–Crippen MR) is 48.7 cm³/mol. The van der Waals surface area contributed by atoms with Gasteiger partial charge in [0.2, 0.25) is 0 Å². The van der Waals surface area contributed by atoms with Gasteiger partial charge in [-0.3, -0.25) is 0 Å². The van der Waals surface area contributed by atoms with Crippen LogP contribution in [0.1, 0.15) is 6.92 Å². The largest absolute Gasteiger partial charge is 0.466 e. The zero-order valence-electron chi connectivity index (χ0n) is 8.68. The Morgan fingerprint density at radius 2 is 1.53 bits per heavy atom. The van der Waals surface area contributed by atoms with Crippen molar-refractivity contribution < 1.29 is 28.6 Å². The maximum absolute atomic E-state index is 11.0. The van der Waals surface area contributed by atoms with Gasteiger partial charge in [0.05, 0.1) is 14.2 Å². The standard InChI is InChI=1S/C9H12O6/c1-6(9(12)14-3)15-8(11)5-4-7(10)13-2/h4-6H,1-3H3/b5-4-. The molecule has 0 bridgehead atoms. The minimum atomic E-state index is -1.01. The third-order valence-corrected chi connectivity index (χ3v) is 1.38. The van der Waals surface area contributed by atoms with E-state index in [-0.39, 0.29) is 0 Å². The Hall–Kier alpha value is -1.85. The number of rotatable bonds is 4. The Labute approximate surface area is 86.8 Å². The van der Waals surface area contributed by atoms with Gasteiger partial charge in [-0.05, 0) is 6.92 Å². The molecule has 6 nitrogen and oxygen atoms in total. The van der Waals surface area contributed by atoms with Crippen LogP contribution >= 0.6 is 0 Å². The highest BCUT2D eigenvalue weighted by molar-refractivity contribution is 5.92. The van der Waals surface area contributed by atoms with Gasteiger partial charge in [-0.2, -0.15) is 0 Å². The van der Waals surface area contributed by atoms with E-state index in [4.69, 9.17) is 0 Å². The van der Waals surface area contributed by atoms with Gasteiger partial charge in [-0.1, -0.05) is 0 Å². The second kappa shape index (κ2) is 6.58. The molecular weight excluding hydrogens is 204 g/mol. The van der Waals surface area contributed by atoms with Gasteiger partial charge in [-0.15, -0.1) is 0 Å². The number of hydrogen-bond acceptors (Lipinski definition) is 6. The number of carbonyl (C=O) groups excluding carboxylic acids is 3. The summed E-state index contributed by atoms with van der Waals surface area (Å²) in [7, 11) is 2.35. The fourth-order valence-electron chi connectivity index (χ4n) is 0.632. The van der Waals surface area contributed by atoms with Crippen molar-refractivity contribution in [2.24, 2.45) is 0 Å². The third kappa shape index (κ3) is 5.45. The molecule has 0 aromatic carbocycles. The molecule has 0 aromatic heterocycles. The lowest BCUT2D eigenvalue weighted by atomic mass is 10.4. The van der Waals surface area contributed by atoms with Gasteiger partial charge in [0, 0.05) is 12.2 Å². The summed E-state index contributed by atoms with van der Waals surface area (Å²) in [6.45, 7) is 1.36. The van der Waals surface area contributed by atoms with Gasteiger partial charge in [0.25, 0.3) is 0 Å². The normalized spacial score (nSPS) is 11.9. The van der Waals surface area contributed by atoms with Gasteiger partial charge >= 0.3 is 17.9 Å². The molecule has 0 fully saturated rings. The third-order valence-electron chi connectivity index (χ3n) is 1.38. The second-order valence-electron chi connectivity index (χ2n) is 2.46. The SMILES string of the molecule is COC(=O)/C=C\C(=O)OC(C)C(=O)OC. The van der Waals surface area contributed by atoms with E-state index in [0.29, 0.717) is 0 Å². The van der Waals surface area contributed by atoms with Crippen molar-refractivity contribution in [2.75, 3.05) is 14.2 Å². The molecule has 0 aromatic rings. The van der Waals surface area contributed by atoms with Crippen LogP contribution in [0.3, 0.4) is 0 Å². The van der Waals surface area contributed by atoms with Gasteiger partial charge in [0.15, 0.2) is 6.10 Å². The Morgan fingerprint density at radius 3 is 2.00 bits per heavy atom. The summed E-state index contributed by atoms with van der Waals surface area (Å²) in [5.41, 5.74) is 0. The predicted octanol–water partition coefficient (Wildman–Crippen LogP) is -0.180. The van der Waals surface area contributed by atoms with Crippen molar-refractivity contribution in [1.82, 2.24) is 0 Å². The first-order valence-corrected chi connectivity index (χ1v) is 4.05. The number of methoxy groups -OCH3 is 2. The average Bonchev–Trinajstić information content (AvgIpc) is 2.24. The van der Waals surface area contributed by atoms with Crippen LogP contribution in [-0.2, 0) is 28.6 Å². The molecular formula is C9H12O6. The zero-order chi connectivity index (χ0) is 11.8. The summed E-state index contributed by atoms with van der Waals surface area (Å²) < 4.78 is 13.2. The van der Waals surface area contributed by atoms with Crippen LogP contribution < -0.4 is 0 Å². The summed E-state index contributed by atoms with van der Waals surface area (Å²) in [6.07, 6.45) is 0.752. The van der Waals surface area contributed by atoms with E-state index in [1.807, 2.05) is 0 Å². The summed E-state index contributed by atoms with van der Waals surface area (Å²) in [5, 5.41) is 0. The van der Waals surface area contributed by atoms with E-state index in [1.54, 1.807) is 0 Å². The van der Waals surface area contributed by atoms with Gasteiger partial charge in [0.1, 0.15) is 0 Å². The Balaban J connectivity index is 4.09. The minimum Gasteiger partial charge on any atom is -0.466 e. The van der Waals surface area contributed by atoms with Gasteiger partial charge < -0.3 is 14.2 Å². The maximum atomic E-state index is 11.0. The lowest BCUT2D eigenvalue weighted by molar-refractivity contribution is -0.161. The molecule has 0 aliphatic carbocycles. The molecule has 0 spiro atoms. The number of carbonyl (C=O) groups is 3. The van der Waals surface area contributed by atoms with Gasteiger partial charge in [-0.25, -0.2) is 14.4 Å². The van der Waals surface area contributed by atoms with E-state index in [1.165, 1.54) is 21.1 Å². The molecule has 1 atom stereocenters. The monoisotopic (exact) mass is 216 g/mol. The first-order chi connectivity index (χ1) is 7.01. The summed E-state index contributed by atoms with van der Waals surface area (Å²) >= 11 is 0. The summed E-state index contributed by atoms with van der Waals surface area (Å²) in [4.78, 5) is 32.4. The van der Waals surface area contributed by atoms with E-state index in [9.17, 15) is 14.4 Å². The molecule has 0 N–H and O–H groups in total. The second-order valence-corrected chi connectivity index (χ2v) is 2.46. The van der Waals surface area contributed by atoms with E-state index < -0.39 is 24.0 Å². The first kappa shape index (κ1) is 13.2. The molecule has 84 valence electrons. The van der Waals surface area contributed by atoms with Crippen LogP contribution in [0.25, 0.3) is 0 Å². The fraction of sp³-hybridized carbons (Fsp3) is 0.444. The molecule has 0 saturated carbocycles. The molecule has 0 radical (unpaired) electrons. The van der Waals surface area contributed by atoms with Crippen LogP contribution in [0.2, 0.25) is 0 Å². The van der Waals surface area contributed by atoms with E-state index in [0.717, 1.165) is 12.2 Å². The number of hydrogen-bond donors (Lipinski definition) is 0. The van der Waals surface area contributed by atoms with Crippen molar-refractivity contribution in [3.63, 3.8) is 0 Å². The number of ether oxygens (including phenoxy) is 3.